The molecule has 35 heavy (non-hydrogen) atoms. The quantitative estimate of drug-likeness (QED) is 0.211. The molecule has 0 heterocycles. The standard InChI is InChI=1S/C33H55FO/c1-3-5-7-8-10-13-28-19-21-30(22-20-28)31-23-24-33(32(34)26-31)35-25-11-14-29-17-15-27(16-18-29)12-9-6-4-2/h23-24,26-30H,3-22,25H2,1-2H3. The van der Waals surface area contributed by atoms with Crippen LogP contribution < -0.4 is 4.74 Å². The highest BCUT2D eigenvalue weighted by atomic mass is 19.1. The second kappa shape index (κ2) is 16.6. The third-order valence-electron chi connectivity index (χ3n) is 9.19. The summed E-state index contributed by atoms with van der Waals surface area (Å²) in [5, 5.41) is 0. The van der Waals surface area contributed by atoms with Crippen molar-refractivity contribution >= 4 is 0 Å². The molecule has 0 unspecified atom stereocenters. The lowest BCUT2D eigenvalue weighted by atomic mass is 9.77. The van der Waals surface area contributed by atoms with Gasteiger partial charge in [-0.25, -0.2) is 4.39 Å². The number of rotatable bonds is 16. The molecule has 2 heteroatoms. The summed E-state index contributed by atoms with van der Waals surface area (Å²) in [6.07, 6.45) is 26.9. The van der Waals surface area contributed by atoms with Crippen LogP contribution in [0.1, 0.15) is 154 Å². The molecule has 3 rings (SSSR count). The van der Waals surface area contributed by atoms with E-state index in [2.05, 4.69) is 19.9 Å². The molecule has 0 aromatic heterocycles. The van der Waals surface area contributed by atoms with Crippen molar-refractivity contribution in [2.75, 3.05) is 6.61 Å². The van der Waals surface area contributed by atoms with Gasteiger partial charge in [0.15, 0.2) is 11.6 Å². The fourth-order valence-electron chi connectivity index (χ4n) is 6.76. The van der Waals surface area contributed by atoms with Gasteiger partial charge in [0.2, 0.25) is 0 Å². The summed E-state index contributed by atoms with van der Waals surface area (Å²) < 4.78 is 20.6. The average molecular weight is 487 g/mol. The first-order chi connectivity index (χ1) is 17.2. The normalized spacial score (nSPS) is 25.0. The largest absolute Gasteiger partial charge is 0.491 e. The van der Waals surface area contributed by atoms with Crippen LogP contribution >= 0.6 is 0 Å². The summed E-state index contributed by atoms with van der Waals surface area (Å²) in [6.45, 7) is 5.22. The minimum atomic E-state index is -0.159. The Bertz CT molecular complexity index is 670. The monoisotopic (exact) mass is 486 g/mol. The van der Waals surface area contributed by atoms with Gasteiger partial charge in [0, 0.05) is 0 Å². The molecule has 0 atom stereocenters. The summed E-state index contributed by atoms with van der Waals surface area (Å²) in [5.41, 5.74) is 1.19. The first kappa shape index (κ1) is 28.5. The molecule has 2 aliphatic rings. The lowest BCUT2D eigenvalue weighted by Crippen LogP contribution is -2.15. The molecular formula is C33H55FO. The Balaban J connectivity index is 1.29. The Morgan fingerprint density at radius 1 is 0.657 bits per heavy atom. The van der Waals surface area contributed by atoms with Crippen LogP contribution in [0.25, 0.3) is 0 Å². The maximum Gasteiger partial charge on any atom is 0.165 e. The van der Waals surface area contributed by atoms with E-state index in [0.29, 0.717) is 18.3 Å². The number of unbranched alkanes of at least 4 members (excludes halogenated alkanes) is 6. The fourth-order valence-corrected chi connectivity index (χ4v) is 6.76. The second-order valence-corrected chi connectivity index (χ2v) is 12.0. The highest BCUT2D eigenvalue weighted by Crippen LogP contribution is 2.39. The van der Waals surface area contributed by atoms with E-state index in [4.69, 9.17) is 4.74 Å². The Labute approximate surface area is 217 Å². The van der Waals surface area contributed by atoms with Gasteiger partial charge in [0.1, 0.15) is 0 Å². The molecule has 1 aromatic rings. The maximum atomic E-state index is 14.8. The summed E-state index contributed by atoms with van der Waals surface area (Å²) in [5.74, 6) is 3.57. The van der Waals surface area contributed by atoms with Crippen LogP contribution in [-0.2, 0) is 0 Å². The summed E-state index contributed by atoms with van der Waals surface area (Å²) in [6, 6.07) is 5.80. The van der Waals surface area contributed by atoms with Crippen molar-refractivity contribution in [3.8, 4) is 5.75 Å². The van der Waals surface area contributed by atoms with E-state index in [1.54, 1.807) is 6.07 Å². The van der Waals surface area contributed by atoms with Crippen molar-refractivity contribution in [3.63, 3.8) is 0 Å². The number of hydrogen-bond acceptors (Lipinski definition) is 1. The maximum absolute atomic E-state index is 14.8. The zero-order chi connectivity index (χ0) is 24.7. The number of benzene rings is 1. The van der Waals surface area contributed by atoms with Crippen molar-refractivity contribution in [1.29, 1.82) is 0 Å². The lowest BCUT2D eigenvalue weighted by molar-refractivity contribution is 0.225. The smallest absolute Gasteiger partial charge is 0.165 e. The van der Waals surface area contributed by atoms with Crippen molar-refractivity contribution in [2.45, 2.75) is 148 Å². The molecular weight excluding hydrogens is 431 g/mol. The summed E-state index contributed by atoms with van der Waals surface area (Å²) in [4.78, 5) is 0. The number of hydrogen-bond donors (Lipinski definition) is 0. The minimum Gasteiger partial charge on any atom is -0.491 e. The molecule has 0 amide bonds. The van der Waals surface area contributed by atoms with Gasteiger partial charge < -0.3 is 4.74 Å². The van der Waals surface area contributed by atoms with Crippen LogP contribution in [0.3, 0.4) is 0 Å². The zero-order valence-electron chi connectivity index (χ0n) is 23.2. The second-order valence-electron chi connectivity index (χ2n) is 12.0. The third-order valence-corrected chi connectivity index (χ3v) is 9.19. The van der Waals surface area contributed by atoms with Crippen LogP contribution in [0, 0.1) is 23.6 Å². The summed E-state index contributed by atoms with van der Waals surface area (Å²) >= 11 is 0. The van der Waals surface area contributed by atoms with Crippen LogP contribution in [0.4, 0.5) is 4.39 Å². The molecule has 200 valence electrons. The van der Waals surface area contributed by atoms with Gasteiger partial charge in [-0.2, -0.15) is 0 Å². The van der Waals surface area contributed by atoms with Gasteiger partial charge in [0.25, 0.3) is 0 Å². The molecule has 0 aliphatic heterocycles. The Kier molecular flexibility index (Phi) is 13.6. The molecule has 2 fully saturated rings. The van der Waals surface area contributed by atoms with Gasteiger partial charge in [-0.1, -0.05) is 110 Å². The van der Waals surface area contributed by atoms with Crippen LogP contribution in [0.15, 0.2) is 18.2 Å². The van der Waals surface area contributed by atoms with Crippen LogP contribution in [0.5, 0.6) is 5.75 Å². The molecule has 1 aromatic carbocycles. The van der Waals surface area contributed by atoms with E-state index < -0.39 is 0 Å². The van der Waals surface area contributed by atoms with Gasteiger partial charge in [-0.3, -0.25) is 0 Å². The highest BCUT2D eigenvalue weighted by molar-refractivity contribution is 5.31. The number of ether oxygens (including phenoxy) is 1. The average Bonchev–Trinajstić information content (AvgIpc) is 2.88. The molecule has 0 spiro atoms. The first-order valence-corrected chi connectivity index (χ1v) is 15.6. The molecule has 2 aliphatic carbocycles. The van der Waals surface area contributed by atoms with Crippen molar-refractivity contribution in [2.24, 2.45) is 17.8 Å². The van der Waals surface area contributed by atoms with Crippen LogP contribution in [0.2, 0.25) is 0 Å². The van der Waals surface area contributed by atoms with E-state index in [9.17, 15) is 4.39 Å². The highest BCUT2D eigenvalue weighted by Gasteiger charge is 2.23. The molecule has 2 saturated carbocycles. The van der Waals surface area contributed by atoms with Gasteiger partial charge in [-0.05, 0) is 79.9 Å². The Morgan fingerprint density at radius 3 is 1.77 bits per heavy atom. The van der Waals surface area contributed by atoms with Crippen molar-refractivity contribution < 1.29 is 9.13 Å². The summed E-state index contributed by atoms with van der Waals surface area (Å²) in [7, 11) is 0. The van der Waals surface area contributed by atoms with E-state index >= 15 is 0 Å². The Hall–Kier alpha value is -1.05. The van der Waals surface area contributed by atoms with Gasteiger partial charge in [0.05, 0.1) is 6.61 Å². The fraction of sp³-hybridized carbons (Fsp3) is 0.818. The van der Waals surface area contributed by atoms with Crippen molar-refractivity contribution in [1.82, 2.24) is 0 Å². The predicted octanol–water partition coefficient (Wildman–Crippen LogP) is 11.0. The minimum absolute atomic E-state index is 0.159. The van der Waals surface area contributed by atoms with E-state index in [1.807, 2.05) is 6.07 Å². The Morgan fingerprint density at radius 2 is 1.17 bits per heavy atom. The molecule has 1 nitrogen and oxygen atoms in total. The van der Waals surface area contributed by atoms with Gasteiger partial charge in [-0.15, -0.1) is 0 Å². The topological polar surface area (TPSA) is 9.23 Å². The zero-order valence-corrected chi connectivity index (χ0v) is 23.2. The van der Waals surface area contributed by atoms with Crippen LogP contribution in [-0.4, -0.2) is 6.61 Å². The predicted molar refractivity (Wildman–Crippen MR) is 149 cm³/mol. The molecule has 0 N–H and O–H groups in total. The van der Waals surface area contributed by atoms with E-state index in [-0.39, 0.29) is 5.82 Å². The van der Waals surface area contributed by atoms with Crippen molar-refractivity contribution in [3.05, 3.63) is 29.6 Å². The third kappa shape index (κ3) is 10.5. The molecule has 0 saturated heterocycles. The van der Waals surface area contributed by atoms with E-state index in [0.717, 1.165) is 24.2 Å². The SMILES string of the molecule is CCCCCCCC1CCC(c2ccc(OCCCC3CCC(CCCCC)CC3)c(F)c2)CC1. The molecule has 0 bridgehead atoms. The lowest BCUT2D eigenvalue weighted by Gasteiger charge is -2.29. The van der Waals surface area contributed by atoms with Gasteiger partial charge >= 0.3 is 0 Å². The number of halogens is 1. The van der Waals surface area contributed by atoms with E-state index in [1.165, 1.54) is 128 Å². The first-order valence-electron chi connectivity index (χ1n) is 15.6. The molecule has 0 radical (unpaired) electrons.